The average molecular weight is 289 g/mol. The van der Waals surface area contributed by atoms with Crippen LogP contribution < -0.4 is 10.1 Å². The number of hydrogen-bond donors (Lipinski definition) is 1. The molecule has 0 spiro atoms. The van der Waals surface area contributed by atoms with Crippen LogP contribution in [0, 0.1) is 11.6 Å². The van der Waals surface area contributed by atoms with Crippen LogP contribution in [0.1, 0.15) is 24.0 Å². The molecule has 4 heteroatoms. The van der Waals surface area contributed by atoms with Crippen LogP contribution in [-0.4, -0.2) is 6.04 Å². The summed E-state index contributed by atoms with van der Waals surface area (Å²) in [5.74, 6) is -0.914. The molecule has 1 N–H and O–H groups in total. The van der Waals surface area contributed by atoms with Crippen molar-refractivity contribution in [3.8, 4) is 5.75 Å². The Kier molecular flexibility index (Phi) is 4.15. The van der Waals surface area contributed by atoms with Crippen molar-refractivity contribution < 1.29 is 13.5 Å². The summed E-state index contributed by atoms with van der Waals surface area (Å²) in [5, 5.41) is 3.44. The smallest absolute Gasteiger partial charge is 0.159 e. The second-order valence-electron chi connectivity index (χ2n) is 5.30. The van der Waals surface area contributed by atoms with Gasteiger partial charge in [0.15, 0.2) is 11.6 Å². The third-order valence-corrected chi connectivity index (χ3v) is 3.51. The molecule has 0 aliphatic heterocycles. The summed E-state index contributed by atoms with van der Waals surface area (Å²) < 4.78 is 31.8. The number of para-hydroxylation sites is 1. The quantitative estimate of drug-likeness (QED) is 0.873. The first-order chi connectivity index (χ1) is 10.2. The van der Waals surface area contributed by atoms with Crippen LogP contribution in [0.4, 0.5) is 8.78 Å². The molecule has 3 rings (SSSR count). The van der Waals surface area contributed by atoms with Gasteiger partial charge in [0, 0.05) is 18.2 Å². The fraction of sp³-hybridized carbons (Fsp3) is 0.294. The summed E-state index contributed by atoms with van der Waals surface area (Å²) in [7, 11) is 0. The fourth-order valence-electron chi connectivity index (χ4n) is 2.12. The highest BCUT2D eigenvalue weighted by atomic mass is 19.2. The zero-order chi connectivity index (χ0) is 14.7. The van der Waals surface area contributed by atoms with E-state index < -0.39 is 11.6 Å². The van der Waals surface area contributed by atoms with E-state index in [0.29, 0.717) is 11.6 Å². The molecule has 1 aliphatic carbocycles. The van der Waals surface area contributed by atoms with Crippen LogP contribution >= 0.6 is 0 Å². The lowest BCUT2D eigenvalue weighted by Gasteiger charge is -2.12. The van der Waals surface area contributed by atoms with Crippen molar-refractivity contribution >= 4 is 0 Å². The van der Waals surface area contributed by atoms with E-state index in [9.17, 15) is 8.78 Å². The van der Waals surface area contributed by atoms with E-state index >= 15 is 0 Å². The largest absolute Gasteiger partial charge is 0.489 e. The molecule has 1 fully saturated rings. The highest BCUT2D eigenvalue weighted by molar-refractivity contribution is 5.33. The van der Waals surface area contributed by atoms with E-state index in [-0.39, 0.29) is 6.61 Å². The van der Waals surface area contributed by atoms with Crippen molar-refractivity contribution in [3.05, 3.63) is 65.2 Å². The van der Waals surface area contributed by atoms with E-state index in [1.807, 2.05) is 24.3 Å². The van der Waals surface area contributed by atoms with Crippen molar-refractivity contribution in [2.75, 3.05) is 0 Å². The third kappa shape index (κ3) is 3.79. The minimum absolute atomic E-state index is 0.220. The summed E-state index contributed by atoms with van der Waals surface area (Å²) in [6.07, 6.45) is 2.47. The minimum atomic E-state index is -0.847. The Bertz CT molecular complexity index is 626. The summed E-state index contributed by atoms with van der Waals surface area (Å²) in [5.41, 5.74) is 1.69. The van der Waals surface area contributed by atoms with Gasteiger partial charge in [0.25, 0.3) is 0 Å². The second kappa shape index (κ2) is 6.22. The number of nitrogens with one attached hydrogen (secondary N) is 1. The van der Waals surface area contributed by atoms with Crippen molar-refractivity contribution in [3.63, 3.8) is 0 Å². The van der Waals surface area contributed by atoms with Gasteiger partial charge >= 0.3 is 0 Å². The molecule has 2 aromatic rings. The molecule has 2 nitrogen and oxygen atoms in total. The van der Waals surface area contributed by atoms with Crippen molar-refractivity contribution in [1.82, 2.24) is 5.32 Å². The number of hydrogen-bond acceptors (Lipinski definition) is 2. The highest BCUT2D eigenvalue weighted by Crippen LogP contribution is 2.23. The van der Waals surface area contributed by atoms with E-state index in [1.165, 1.54) is 25.0 Å². The highest BCUT2D eigenvalue weighted by Gasteiger charge is 2.20. The van der Waals surface area contributed by atoms with E-state index in [2.05, 4.69) is 5.32 Å². The normalized spacial score (nSPS) is 14.2. The van der Waals surface area contributed by atoms with Gasteiger partial charge in [0.2, 0.25) is 0 Å². The molecular formula is C17H17F2NO. The van der Waals surface area contributed by atoms with Gasteiger partial charge in [-0.2, -0.15) is 0 Å². The first kappa shape index (κ1) is 14.0. The maximum absolute atomic E-state index is 13.2. The van der Waals surface area contributed by atoms with Crippen LogP contribution in [-0.2, 0) is 13.2 Å². The van der Waals surface area contributed by atoms with Gasteiger partial charge in [-0.1, -0.05) is 24.3 Å². The Morgan fingerprint density at radius 1 is 1.05 bits per heavy atom. The van der Waals surface area contributed by atoms with Gasteiger partial charge in [0.05, 0.1) is 0 Å². The van der Waals surface area contributed by atoms with E-state index in [0.717, 1.165) is 23.9 Å². The molecule has 0 amide bonds. The lowest BCUT2D eigenvalue weighted by atomic mass is 10.2. The Morgan fingerprint density at radius 3 is 2.62 bits per heavy atom. The van der Waals surface area contributed by atoms with E-state index in [1.54, 1.807) is 0 Å². The first-order valence-corrected chi connectivity index (χ1v) is 7.10. The molecule has 2 aromatic carbocycles. The number of rotatable bonds is 6. The molecule has 0 unspecified atom stereocenters. The fourth-order valence-corrected chi connectivity index (χ4v) is 2.12. The lowest BCUT2D eigenvalue weighted by molar-refractivity contribution is 0.301. The Labute approximate surface area is 122 Å². The molecule has 0 radical (unpaired) electrons. The third-order valence-electron chi connectivity index (χ3n) is 3.51. The van der Waals surface area contributed by atoms with Crippen LogP contribution in [0.5, 0.6) is 5.75 Å². The Balaban J connectivity index is 1.64. The van der Waals surface area contributed by atoms with E-state index in [4.69, 9.17) is 4.74 Å². The monoisotopic (exact) mass is 289 g/mol. The first-order valence-electron chi connectivity index (χ1n) is 7.10. The Hall–Kier alpha value is -1.94. The minimum Gasteiger partial charge on any atom is -0.489 e. The molecule has 1 saturated carbocycles. The topological polar surface area (TPSA) is 21.3 Å². The molecule has 0 heterocycles. The van der Waals surface area contributed by atoms with Crippen molar-refractivity contribution in [2.45, 2.75) is 32.0 Å². The molecule has 0 aromatic heterocycles. The predicted octanol–water partition coefficient (Wildman–Crippen LogP) is 3.80. The number of benzene rings is 2. The van der Waals surface area contributed by atoms with Gasteiger partial charge < -0.3 is 10.1 Å². The maximum atomic E-state index is 13.2. The lowest BCUT2D eigenvalue weighted by Crippen LogP contribution is -2.16. The summed E-state index contributed by atoms with van der Waals surface area (Å²) in [6, 6.07) is 12.2. The van der Waals surface area contributed by atoms with Crippen LogP contribution in [0.25, 0.3) is 0 Å². The van der Waals surface area contributed by atoms with Crippen LogP contribution in [0.2, 0.25) is 0 Å². The molecule has 110 valence electrons. The standard InChI is InChI=1S/C17H17F2NO/c18-15-8-5-12(9-16(15)19)11-21-17-4-2-1-3-13(17)10-20-14-6-7-14/h1-5,8-9,14,20H,6-7,10-11H2. The van der Waals surface area contributed by atoms with Gasteiger partial charge in [-0.15, -0.1) is 0 Å². The zero-order valence-electron chi connectivity index (χ0n) is 11.6. The Morgan fingerprint density at radius 2 is 1.86 bits per heavy atom. The number of halogens is 2. The van der Waals surface area contributed by atoms with Crippen molar-refractivity contribution in [1.29, 1.82) is 0 Å². The number of ether oxygens (including phenoxy) is 1. The molecule has 0 bridgehead atoms. The van der Waals surface area contributed by atoms with Crippen molar-refractivity contribution in [2.24, 2.45) is 0 Å². The molecule has 21 heavy (non-hydrogen) atoms. The molecular weight excluding hydrogens is 272 g/mol. The molecule has 0 saturated heterocycles. The van der Waals surface area contributed by atoms with Gasteiger partial charge in [-0.25, -0.2) is 8.78 Å². The van der Waals surface area contributed by atoms with Gasteiger partial charge in [-0.3, -0.25) is 0 Å². The zero-order valence-corrected chi connectivity index (χ0v) is 11.6. The van der Waals surface area contributed by atoms with Gasteiger partial charge in [-0.05, 0) is 36.6 Å². The molecule has 0 atom stereocenters. The summed E-state index contributed by atoms with van der Waals surface area (Å²) >= 11 is 0. The summed E-state index contributed by atoms with van der Waals surface area (Å²) in [6.45, 7) is 0.982. The summed E-state index contributed by atoms with van der Waals surface area (Å²) in [4.78, 5) is 0. The van der Waals surface area contributed by atoms with Crippen LogP contribution in [0.3, 0.4) is 0 Å². The SMILES string of the molecule is Fc1ccc(COc2ccccc2CNC2CC2)cc1F. The maximum Gasteiger partial charge on any atom is 0.159 e. The van der Waals surface area contributed by atoms with Crippen LogP contribution in [0.15, 0.2) is 42.5 Å². The predicted molar refractivity (Wildman–Crippen MR) is 77.0 cm³/mol. The van der Waals surface area contributed by atoms with Gasteiger partial charge in [0.1, 0.15) is 12.4 Å². The molecule has 1 aliphatic rings. The second-order valence-corrected chi connectivity index (χ2v) is 5.30. The average Bonchev–Trinajstić information content (AvgIpc) is 3.31.